The maximum absolute atomic E-state index is 8.97. The van der Waals surface area contributed by atoms with Gasteiger partial charge in [0.1, 0.15) is 0 Å². The summed E-state index contributed by atoms with van der Waals surface area (Å²) in [6, 6.07) is 8.27. The van der Waals surface area contributed by atoms with Gasteiger partial charge in [-0.2, -0.15) is 0 Å². The zero-order valence-corrected chi connectivity index (χ0v) is 10.6. The Morgan fingerprint density at radius 2 is 2.29 bits per heavy atom. The minimum Gasteiger partial charge on any atom is -0.392 e. The quantitative estimate of drug-likeness (QED) is 0.897. The molecule has 17 heavy (non-hydrogen) atoms. The lowest BCUT2D eigenvalue weighted by atomic mass is 10.2. The summed E-state index contributed by atoms with van der Waals surface area (Å²) < 4.78 is 0. The zero-order valence-electron chi connectivity index (χ0n) is 9.76. The molecule has 0 aromatic carbocycles. The Kier molecular flexibility index (Phi) is 4.07. The number of nitrogens with zero attached hydrogens (tertiary/aromatic N) is 1. The molecule has 0 aliphatic heterocycles. The minimum atomic E-state index is 0.121. The van der Waals surface area contributed by atoms with Crippen LogP contribution in [0.25, 0.3) is 6.08 Å². The van der Waals surface area contributed by atoms with Crippen molar-refractivity contribution < 1.29 is 5.11 Å². The fourth-order valence-corrected chi connectivity index (χ4v) is 2.63. The van der Waals surface area contributed by atoms with Crippen LogP contribution >= 0.6 is 11.3 Å². The van der Waals surface area contributed by atoms with Gasteiger partial charge in [0.15, 0.2) is 0 Å². The Morgan fingerprint density at radius 3 is 3.00 bits per heavy atom. The number of hydrogen-bond donors (Lipinski definition) is 1. The van der Waals surface area contributed by atoms with Crippen LogP contribution in [0.5, 0.6) is 0 Å². The highest BCUT2D eigenvalue weighted by Crippen LogP contribution is 2.21. The summed E-state index contributed by atoms with van der Waals surface area (Å²) >= 11 is 1.76. The molecule has 0 aliphatic rings. The van der Waals surface area contributed by atoms with Gasteiger partial charge in [-0.15, -0.1) is 11.3 Å². The van der Waals surface area contributed by atoms with Crippen LogP contribution in [0.15, 0.2) is 42.2 Å². The first-order valence-electron chi connectivity index (χ1n) is 5.53. The molecule has 0 atom stereocenters. The van der Waals surface area contributed by atoms with Crippen LogP contribution in [0.1, 0.15) is 22.2 Å². The van der Waals surface area contributed by atoms with Crippen molar-refractivity contribution in [2.45, 2.75) is 13.3 Å². The molecule has 2 nitrogen and oxygen atoms in total. The van der Waals surface area contributed by atoms with E-state index >= 15 is 0 Å². The number of aromatic nitrogens is 1. The van der Waals surface area contributed by atoms with Gasteiger partial charge in [-0.25, -0.2) is 0 Å². The van der Waals surface area contributed by atoms with Crippen molar-refractivity contribution >= 4 is 17.4 Å². The zero-order chi connectivity index (χ0) is 12.1. The van der Waals surface area contributed by atoms with Crippen LogP contribution < -0.4 is 0 Å². The summed E-state index contributed by atoms with van der Waals surface area (Å²) in [5.41, 5.74) is 2.21. The Labute approximate surface area is 105 Å². The van der Waals surface area contributed by atoms with E-state index in [1.54, 1.807) is 17.5 Å². The highest BCUT2D eigenvalue weighted by Gasteiger charge is 2.00. The van der Waals surface area contributed by atoms with Crippen molar-refractivity contribution in [3.63, 3.8) is 0 Å². The molecule has 2 rings (SSSR count). The van der Waals surface area contributed by atoms with Crippen molar-refractivity contribution in [3.05, 3.63) is 57.6 Å². The second-order valence-corrected chi connectivity index (χ2v) is 5.19. The van der Waals surface area contributed by atoms with E-state index in [2.05, 4.69) is 23.2 Å². The minimum absolute atomic E-state index is 0.121. The molecule has 0 saturated heterocycles. The molecular weight excluding hydrogens is 230 g/mol. The van der Waals surface area contributed by atoms with Crippen LogP contribution in [0.2, 0.25) is 0 Å². The van der Waals surface area contributed by atoms with E-state index in [0.29, 0.717) is 0 Å². The number of aliphatic hydroxyl groups is 1. The SMILES string of the molecule is C/C(=C\c1ccc(Cc2cccnc2)s1)CO. The monoisotopic (exact) mass is 245 g/mol. The van der Waals surface area contributed by atoms with E-state index in [-0.39, 0.29) is 6.61 Å². The summed E-state index contributed by atoms with van der Waals surface area (Å²) in [6.45, 7) is 2.05. The Hall–Kier alpha value is -1.45. The molecule has 0 fully saturated rings. The molecule has 0 amide bonds. The summed E-state index contributed by atoms with van der Waals surface area (Å²) in [5.74, 6) is 0. The maximum atomic E-state index is 8.97. The van der Waals surface area contributed by atoms with E-state index in [9.17, 15) is 0 Å². The average Bonchev–Trinajstić information content (AvgIpc) is 2.77. The Morgan fingerprint density at radius 1 is 1.41 bits per heavy atom. The van der Waals surface area contributed by atoms with E-state index in [1.807, 2.05) is 25.3 Å². The van der Waals surface area contributed by atoms with E-state index < -0.39 is 0 Å². The second-order valence-electron chi connectivity index (χ2n) is 3.99. The molecule has 1 N–H and O–H groups in total. The van der Waals surface area contributed by atoms with Crippen molar-refractivity contribution in [1.29, 1.82) is 0 Å². The molecule has 2 aromatic rings. The smallest absolute Gasteiger partial charge is 0.0642 e. The topological polar surface area (TPSA) is 33.1 Å². The van der Waals surface area contributed by atoms with Gasteiger partial charge in [-0.3, -0.25) is 4.98 Å². The summed E-state index contributed by atoms with van der Waals surface area (Å²) in [7, 11) is 0. The molecule has 2 heterocycles. The fraction of sp³-hybridized carbons (Fsp3) is 0.214. The van der Waals surface area contributed by atoms with Crippen molar-refractivity contribution in [1.82, 2.24) is 4.98 Å². The van der Waals surface area contributed by atoms with E-state index in [1.165, 1.54) is 15.3 Å². The van der Waals surface area contributed by atoms with Gasteiger partial charge in [0, 0.05) is 28.6 Å². The first-order valence-corrected chi connectivity index (χ1v) is 6.35. The first kappa shape index (κ1) is 12.0. The highest BCUT2D eigenvalue weighted by atomic mass is 32.1. The van der Waals surface area contributed by atoms with E-state index in [0.717, 1.165) is 12.0 Å². The van der Waals surface area contributed by atoms with Gasteiger partial charge in [0.2, 0.25) is 0 Å². The van der Waals surface area contributed by atoms with Crippen LogP contribution in [0, 0.1) is 0 Å². The van der Waals surface area contributed by atoms with Gasteiger partial charge < -0.3 is 5.11 Å². The van der Waals surface area contributed by atoms with Crippen LogP contribution in [0.3, 0.4) is 0 Å². The molecule has 2 aromatic heterocycles. The van der Waals surface area contributed by atoms with Crippen LogP contribution in [0.4, 0.5) is 0 Å². The van der Waals surface area contributed by atoms with Crippen molar-refractivity contribution in [2.75, 3.05) is 6.61 Å². The third-order valence-corrected chi connectivity index (χ3v) is 3.45. The standard InChI is InChI=1S/C14H15NOS/c1-11(10-16)7-13-4-5-14(17-13)8-12-3-2-6-15-9-12/h2-7,9,16H,8,10H2,1H3/b11-7+. The average molecular weight is 245 g/mol. The predicted octanol–water partition coefficient (Wildman–Crippen LogP) is 3.13. The summed E-state index contributed by atoms with van der Waals surface area (Å²) in [6.07, 6.45) is 6.63. The molecule has 0 saturated carbocycles. The van der Waals surface area contributed by atoms with Gasteiger partial charge in [-0.05, 0) is 42.3 Å². The van der Waals surface area contributed by atoms with Crippen molar-refractivity contribution in [2.24, 2.45) is 0 Å². The largest absolute Gasteiger partial charge is 0.392 e. The van der Waals surface area contributed by atoms with E-state index in [4.69, 9.17) is 5.11 Å². The highest BCUT2D eigenvalue weighted by molar-refractivity contribution is 7.12. The summed E-state index contributed by atoms with van der Waals surface area (Å²) in [5, 5.41) is 8.97. The normalized spacial score (nSPS) is 11.8. The third-order valence-electron chi connectivity index (χ3n) is 2.42. The lowest BCUT2D eigenvalue weighted by Gasteiger charge is -1.96. The lowest BCUT2D eigenvalue weighted by Crippen LogP contribution is -1.84. The Balaban J connectivity index is 2.09. The molecule has 0 radical (unpaired) electrons. The van der Waals surface area contributed by atoms with Crippen LogP contribution in [-0.4, -0.2) is 16.7 Å². The third kappa shape index (κ3) is 3.51. The predicted molar refractivity (Wildman–Crippen MR) is 72.1 cm³/mol. The number of hydrogen-bond acceptors (Lipinski definition) is 3. The van der Waals surface area contributed by atoms with Gasteiger partial charge >= 0.3 is 0 Å². The number of pyridine rings is 1. The molecule has 0 unspecified atom stereocenters. The second kappa shape index (κ2) is 5.75. The number of aliphatic hydroxyl groups excluding tert-OH is 1. The molecular formula is C14H15NOS. The number of thiophene rings is 1. The van der Waals surface area contributed by atoms with Gasteiger partial charge in [0.05, 0.1) is 6.61 Å². The van der Waals surface area contributed by atoms with Gasteiger partial charge in [0.25, 0.3) is 0 Å². The summed E-state index contributed by atoms with van der Waals surface area (Å²) in [4.78, 5) is 6.61. The first-order chi connectivity index (χ1) is 8.28. The molecule has 3 heteroatoms. The molecule has 88 valence electrons. The molecule has 0 bridgehead atoms. The fourth-order valence-electron chi connectivity index (χ4n) is 1.56. The lowest BCUT2D eigenvalue weighted by molar-refractivity contribution is 0.332. The molecule has 0 aliphatic carbocycles. The van der Waals surface area contributed by atoms with Crippen molar-refractivity contribution in [3.8, 4) is 0 Å². The Bertz CT molecular complexity index is 502. The number of rotatable bonds is 4. The van der Waals surface area contributed by atoms with Crippen LogP contribution in [-0.2, 0) is 6.42 Å². The van der Waals surface area contributed by atoms with Gasteiger partial charge in [-0.1, -0.05) is 6.07 Å². The molecule has 0 spiro atoms. The maximum Gasteiger partial charge on any atom is 0.0642 e.